The van der Waals surface area contributed by atoms with E-state index in [0.29, 0.717) is 12.8 Å². The van der Waals surface area contributed by atoms with Crippen LogP contribution < -0.4 is 10.6 Å². The number of rotatable bonds is 6. The number of carbonyl (C=O) groups is 3. The number of hydrogen-bond donors (Lipinski definition) is 3. The smallest absolute Gasteiger partial charge is 0.407 e. The van der Waals surface area contributed by atoms with Crippen molar-refractivity contribution in [3.63, 3.8) is 0 Å². The molecule has 2 aliphatic carbocycles. The summed E-state index contributed by atoms with van der Waals surface area (Å²) >= 11 is 0. The van der Waals surface area contributed by atoms with Crippen LogP contribution in [0.15, 0.2) is 48.5 Å². The number of carbonyl (C=O) groups excluding carboxylic acids is 2. The average Bonchev–Trinajstić information content (AvgIpc) is 3.11. The fourth-order valence-electron chi connectivity index (χ4n) is 5.15. The van der Waals surface area contributed by atoms with Crippen LogP contribution in [0.25, 0.3) is 11.1 Å². The Morgan fingerprint density at radius 2 is 1.67 bits per heavy atom. The Morgan fingerprint density at radius 3 is 2.27 bits per heavy atom. The van der Waals surface area contributed by atoms with Crippen LogP contribution in [-0.4, -0.2) is 41.3 Å². The second-order valence-electron chi connectivity index (χ2n) is 9.23. The van der Waals surface area contributed by atoms with Crippen molar-refractivity contribution in [1.82, 2.24) is 10.6 Å². The molecule has 1 fully saturated rings. The lowest BCUT2D eigenvalue weighted by Gasteiger charge is -2.40. The third-order valence-corrected chi connectivity index (χ3v) is 6.99. The van der Waals surface area contributed by atoms with Crippen molar-refractivity contribution in [3.8, 4) is 11.1 Å². The third kappa shape index (κ3) is 4.58. The number of hydrogen-bond acceptors (Lipinski definition) is 4. The van der Waals surface area contributed by atoms with Gasteiger partial charge < -0.3 is 20.5 Å². The van der Waals surface area contributed by atoms with Crippen molar-refractivity contribution in [3.05, 3.63) is 59.7 Å². The minimum absolute atomic E-state index is 0.0650. The summed E-state index contributed by atoms with van der Waals surface area (Å²) in [6, 6.07) is 15.3. The highest BCUT2D eigenvalue weighted by Gasteiger charge is 2.42. The molecule has 0 spiro atoms. The zero-order valence-corrected chi connectivity index (χ0v) is 19.0. The maximum absolute atomic E-state index is 12.7. The molecule has 2 aromatic carbocycles. The van der Waals surface area contributed by atoms with Gasteiger partial charge in [-0.25, -0.2) is 4.79 Å². The van der Waals surface area contributed by atoms with Crippen LogP contribution in [0.3, 0.4) is 0 Å². The third-order valence-electron chi connectivity index (χ3n) is 6.99. The minimum atomic E-state index is -0.908. The fraction of sp³-hybridized carbons (Fsp3) is 0.423. The number of carboxylic acid groups (broad SMARTS) is 1. The number of benzene rings is 2. The van der Waals surface area contributed by atoms with Gasteiger partial charge in [0.05, 0.1) is 11.5 Å². The molecule has 2 aliphatic rings. The lowest BCUT2D eigenvalue weighted by Crippen LogP contribution is -2.59. The number of ether oxygens (including phenoxy) is 1. The van der Waals surface area contributed by atoms with Crippen LogP contribution in [0.4, 0.5) is 4.79 Å². The Labute approximate surface area is 193 Å². The van der Waals surface area contributed by atoms with Gasteiger partial charge in [-0.15, -0.1) is 0 Å². The topological polar surface area (TPSA) is 105 Å². The first kappa shape index (κ1) is 22.8. The van der Waals surface area contributed by atoms with Crippen molar-refractivity contribution in [2.24, 2.45) is 5.92 Å². The predicted molar refractivity (Wildman–Crippen MR) is 124 cm³/mol. The second-order valence-corrected chi connectivity index (χ2v) is 9.23. The summed E-state index contributed by atoms with van der Waals surface area (Å²) in [6.45, 7) is 3.49. The number of nitrogens with one attached hydrogen (secondary N) is 2. The van der Waals surface area contributed by atoms with Gasteiger partial charge in [0.15, 0.2) is 0 Å². The number of amides is 2. The van der Waals surface area contributed by atoms with Crippen molar-refractivity contribution in [2.75, 3.05) is 6.61 Å². The highest BCUT2D eigenvalue weighted by molar-refractivity contribution is 5.86. The molecule has 0 aliphatic heterocycles. The SMILES string of the molecule is C[C@@H](NC(=O)OCC1c2ccccc2-c2ccccc21)C(=O)NC1(C)CCCCC1C(=O)O. The highest BCUT2D eigenvalue weighted by atomic mass is 16.5. The first-order chi connectivity index (χ1) is 15.8. The maximum Gasteiger partial charge on any atom is 0.407 e. The number of fused-ring (bicyclic) bond motifs is 3. The molecule has 1 saturated carbocycles. The van der Waals surface area contributed by atoms with Gasteiger partial charge in [-0.1, -0.05) is 61.4 Å². The number of aliphatic carboxylic acids is 1. The van der Waals surface area contributed by atoms with E-state index < -0.39 is 35.5 Å². The molecule has 33 heavy (non-hydrogen) atoms. The van der Waals surface area contributed by atoms with Gasteiger partial charge in [0, 0.05) is 5.92 Å². The molecule has 4 rings (SSSR count). The van der Waals surface area contributed by atoms with Crippen LogP contribution in [0, 0.1) is 5.92 Å². The monoisotopic (exact) mass is 450 g/mol. The molecule has 174 valence electrons. The molecular formula is C26H30N2O5. The molecular weight excluding hydrogens is 420 g/mol. The molecule has 3 N–H and O–H groups in total. The average molecular weight is 451 g/mol. The summed E-state index contributed by atoms with van der Waals surface area (Å²) in [5.41, 5.74) is 3.68. The van der Waals surface area contributed by atoms with Gasteiger partial charge in [-0.05, 0) is 48.9 Å². The first-order valence-corrected chi connectivity index (χ1v) is 11.5. The van der Waals surface area contributed by atoms with E-state index in [0.717, 1.165) is 35.1 Å². The van der Waals surface area contributed by atoms with Crippen molar-refractivity contribution in [2.45, 2.75) is 57.0 Å². The molecule has 2 unspecified atom stereocenters. The van der Waals surface area contributed by atoms with Crippen LogP contribution in [-0.2, 0) is 14.3 Å². The zero-order valence-electron chi connectivity index (χ0n) is 19.0. The van der Waals surface area contributed by atoms with Gasteiger partial charge in [0.1, 0.15) is 12.6 Å². The van der Waals surface area contributed by atoms with E-state index in [4.69, 9.17) is 4.74 Å². The molecule has 0 aromatic heterocycles. The van der Waals surface area contributed by atoms with Crippen molar-refractivity contribution >= 4 is 18.0 Å². The van der Waals surface area contributed by atoms with Crippen molar-refractivity contribution in [1.29, 1.82) is 0 Å². The second kappa shape index (κ2) is 9.25. The van der Waals surface area contributed by atoms with Gasteiger partial charge in [-0.3, -0.25) is 9.59 Å². The van der Waals surface area contributed by atoms with E-state index in [9.17, 15) is 19.5 Å². The van der Waals surface area contributed by atoms with E-state index in [-0.39, 0.29) is 12.5 Å². The molecule has 3 atom stereocenters. The van der Waals surface area contributed by atoms with Gasteiger partial charge >= 0.3 is 12.1 Å². The lowest BCUT2D eigenvalue weighted by atomic mass is 9.73. The Bertz CT molecular complexity index is 1020. The van der Waals surface area contributed by atoms with E-state index in [1.807, 2.05) is 36.4 Å². The normalized spacial score (nSPS) is 22.5. The number of alkyl carbamates (subject to hydrolysis) is 1. The standard InChI is InChI=1S/C26H30N2O5/c1-16(23(29)28-26(2)14-8-7-13-22(26)24(30)31)27-25(32)33-15-21-19-11-5-3-9-17(19)18-10-4-6-12-20(18)21/h3-6,9-12,16,21-22H,7-8,13-15H2,1-2H3,(H,27,32)(H,28,29)(H,30,31)/t16-,22?,26?/m1/s1. The number of carboxylic acids is 1. The summed E-state index contributed by atoms with van der Waals surface area (Å²) in [5.74, 6) is -2.03. The maximum atomic E-state index is 12.7. The molecule has 0 radical (unpaired) electrons. The van der Waals surface area contributed by atoms with Crippen LogP contribution in [0.2, 0.25) is 0 Å². The zero-order chi connectivity index (χ0) is 23.6. The van der Waals surface area contributed by atoms with Crippen molar-refractivity contribution < 1.29 is 24.2 Å². The first-order valence-electron chi connectivity index (χ1n) is 11.5. The molecule has 0 bridgehead atoms. The highest BCUT2D eigenvalue weighted by Crippen LogP contribution is 2.44. The van der Waals surface area contributed by atoms with Gasteiger partial charge in [-0.2, -0.15) is 0 Å². The van der Waals surface area contributed by atoms with E-state index >= 15 is 0 Å². The Morgan fingerprint density at radius 1 is 1.06 bits per heavy atom. The molecule has 0 heterocycles. The minimum Gasteiger partial charge on any atom is -0.481 e. The summed E-state index contributed by atoms with van der Waals surface area (Å²) < 4.78 is 5.51. The fourth-order valence-corrected chi connectivity index (χ4v) is 5.15. The van der Waals surface area contributed by atoms with Gasteiger partial charge in [0.25, 0.3) is 0 Å². The Kier molecular flexibility index (Phi) is 6.40. The predicted octanol–water partition coefficient (Wildman–Crippen LogP) is 4.06. The summed E-state index contributed by atoms with van der Waals surface area (Å²) in [4.78, 5) is 36.9. The summed E-state index contributed by atoms with van der Waals surface area (Å²) in [6.07, 6.45) is 2.13. The van der Waals surface area contributed by atoms with E-state index in [2.05, 4.69) is 22.8 Å². The van der Waals surface area contributed by atoms with E-state index in [1.165, 1.54) is 0 Å². The van der Waals surface area contributed by atoms with Gasteiger partial charge in [0.2, 0.25) is 5.91 Å². The Hall–Kier alpha value is -3.35. The molecule has 2 aromatic rings. The largest absolute Gasteiger partial charge is 0.481 e. The lowest BCUT2D eigenvalue weighted by molar-refractivity contribution is -0.146. The Balaban J connectivity index is 1.35. The molecule has 7 heteroatoms. The van der Waals surface area contributed by atoms with Crippen LogP contribution in [0.5, 0.6) is 0 Å². The summed E-state index contributed by atoms with van der Waals surface area (Å²) in [5, 5.41) is 15.0. The molecule has 2 amide bonds. The molecule has 0 saturated heterocycles. The molecule has 7 nitrogen and oxygen atoms in total. The van der Waals surface area contributed by atoms with Crippen LogP contribution in [0.1, 0.15) is 56.6 Å². The quantitative estimate of drug-likeness (QED) is 0.616. The summed E-state index contributed by atoms with van der Waals surface area (Å²) in [7, 11) is 0. The van der Waals surface area contributed by atoms with Crippen LogP contribution >= 0.6 is 0 Å². The van der Waals surface area contributed by atoms with E-state index in [1.54, 1.807) is 13.8 Å².